The maximum Gasteiger partial charge on any atom is 0.137 e. The molecular formula is C19H23N5O2S. The van der Waals surface area contributed by atoms with E-state index < -0.39 is 0 Å². The minimum atomic E-state index is 0.413. The van der Waals surface area contributed by atoms with Crippen LogP contribution in [0.15, 0.2) is 29.3 Å². The van der Waals surface area contributed by atoms with Crippen molar-refractivity contribution in [1.82, 2.24) is 5.32 Å². The number of nitrogens with two attached hydrogens (primary N) is 1. The Balaban J connectivity index is 2.18. The number of benzene rings is 1. The van der Waals surface area contributed by atoms with E-state index in [-0.39, 0.29) is 0 Å². The van der Waals surface area contributed by atoms with E-state index >= 15 is 0 Å². The van der Waals surface area contributed by atoms with Crippen molar-refractivity contribution in [2.45, 2.75) is 0 Å². The van der Waals surface area contributed by atoms with Crippen LogP contribution in [0.1, 0.15) is 10.4 Å². The molecule has 1 aromatic heterocycles. The molecule has 8 heteroatoms. The number of nitrogens with one attached hydrogen (secondary N) is 1. The Bertz CT molecular complexity index is 865. The molecule has 0 amide bonds. The van der Waals surface area contributed by atoms with E-state index in [2.05, 4.69) is 21.3 Å². The summed E-state index contributed by atoms with van der Waals surface area (Å²) < 4.78 is 10.8. The topological polar surface area (TPSA) is 95.9 Å². The number of nitrogens with zero attached hydrogens (tertiary/aromatic N) is 3. The summed E-state index contributed by atoms with van der Waals surface area (Å²) in [4.78, 5) is 7.37. The van der Waals surface area contributed by atoms with E-state index in [0.717, 1.165) is 39.8 Å². The van der Waals surface area contributed by atoms with E-state index in [4.69, 9.17) is 15.2 Å². The molecule has 0 spiro atoms. The lowest BCUT2D eigenvalue weighted by atomic mass is 10.0. The molecular weight excluding hydrogens is 362 g/mol. The third-order valence-electron chi connectivity index (χ3n) is 4.30. The lowest BCUT2D eigenvalue weighted by Crippen LogP contribution is -2.36. The Morgan fingerprint density at radius 1 is 1.44 bits per heavy atom. The van der Waals surface area contributed by atoms with Crippen molar-refractivity contribution >= 4 is 22.2 Å². The zero-order chi connectivity index (χ0) is 19.2. The molecule has 1 saturated heterocycles. The summed E-state index contributed by atoms with van der Waals surface area (Å²) in [6.07, 6.45) is 0. The van der Waals surface area contributed by atoms with Gasteiger partial charge in [-0.1, -0.05) is 12.1 Å². The van der Waals surface area contributed by atoms with Gasteiger partial charge in [0, 0.05) is 18.7 Å². The molecule has 1 aliphatic heterocycles. The summed E-state index contributed by atoms with van der Waals surface area (Å²) in [5.41, 5.74) is 8.61. The smallest absolute Gasteiger partial charge is 0.137 e. The molecule has 0 radical (unpaired) electrons. The van der Waals surface area contributed by atoms with Gasteiger partial charge < -0.3 is 25.4 Å². The predicted octanol–water partition coefficient (Wildman–Crippen LogP) is 2.01. The first-order valence-electron chi connectivity index (χ1n) is 8.68. The molecule has 0 saturated carbocycles. The minimum Gasteiger partial charge on any atom is -0.497 e. The highest BCUT2D eigenvalue weighted by Gasteiger charge is 2.26. The van der Waals surface area contributed by atoms with Crippen LogP contribution in [0.25, 0.3) is 11.1 Å². The number of aliphatic imine (C=N–C) groups is 1. The number of morpholine rings is 1. The van der Waals surface area contributed by atoms with Gasteiger partial charge in [-0.3, -0.25) is 4.99 Å². The van der Waals surface area contributed by atoms with Crippen LogP contribution in [0.3, 0.4) is 0 Å². The quantitative estimate of drug-likeness (QED) is 0.583. The van der Waals surface area contributed by atoms with Gasteiger partial charge in [-0.15, -0.1) is 11.3 Å². The zero-order valence-corrected chi connectivity index (χ0v) is 16.3. The molecule has 2 aromatic rings. The van der Waals surface area contributed by atoms with Crippen LogP contribution < -0.4 is 20.7 Å². The van der Waals surface area contributed by atoms with Crippen LogP contribution in [-0.4, -0.2) is 53.0 Å². The standard InChI is InChI=1S/C19H23N5O2S/c1-22-12-23-18(21)17-16(13-4-3-5-14(10-13)25-2)15(11-20)19(27-17)24-6-8-26-9-7-24/h3-5,10,22H,6-9,12H2,1-2H3,(H2,21,23). The average molecular weight is 385 g/mol. The van der Waals surface area contributed by atoms with Crippen molar-refractivity contribution < 1.29 is 9.47 Å². The van der Waals surface area contributed by atoms with E-state index in [0.29, 0.717) is 31.3 Å². The summed E-state index contributed by atoms with van der Waals surface area (Å²) in [7, 11) is 3.44. The van der Waals surface area contributed by atoms with Crippen LogP contribution >= 0.6 is 11.3 Å². The first-order chi connectivity index (χ1) is 13.2. The molecule has 1 fully saturated rings. The van der Waals surface area contributed by atoms with Gasteiger partial charge in [0.25, 0.3) is 0 Å². The Kier molecular flexibility index (Phi) is 6.29. The van der Waals surface area contributed by atoms with Gasteiger partial charge in [0.1, 0.15) is 22.7 Å². The maximum absolute atomic E-state index is 9.96. The van der Waals surface area contributed by atoms with Crippen molar-refractivity contribution in [2.24, 2.45) is 10.7 Å². The van der Waals surface area contributed by atoms with E-state index in [1.807, 2.05) is 31.3 Å². The molecule has 1 aromatic carbocycles. The number of anilines is 1. The van der Waals surface area contributed by atoms with Gasteiger partial charge in [-0.05, 0) is 24.7 Å². The number of methoxy groups -OCH3 is 1. The average Bonchev–Trinajstić information content (AvgIpc) is 3.12. The van der Waals surface area contributed by atoms with Gasteiger partial charge in [-0.25, -0.2) is 0 Å². The molecule has 27 heavy (non-hydrogen) atoms. The van der Waals surface area contributed by atoms with Crippen LogP contribution in [-0.2, 0) is 4.74 Å². The first kappa shape index (κ1) is 19.2. The lowest BCUT2D eigenvalue weighted by molar-refractivity contribution is 0.123. The highest BCUT2D eigenvalue weighted by Crippen LogP contribution is 2.42. The number of nitriles is 1. The van der Waals surface area contributed by atoms with Gasteiger partial charge >= 0.3 is 0 Å². The first-order valence-corrected chi connectivity index (χ1v) is 9.50. The molecule has 0 bridgehead atoms. The Hall–Kier alpha value is -2.60. The molecule has 3 rings (SSSR count). The fourth-order valence-corrected chi connectivity index (χ4v) is 4.23. The summed E-state index contributed by atoms with van der Waals surface area (Å²) >= 11 is 1.51. The third-order valence-corrected chi connectivity index (χ3v) is 5.57. The van der Waals surface area contributed by atoms with Crippen molar-refractivity contribution in [3.63, 3.8) is 0 Å². The molecule has 7 nitrogen and oxygen atoms in total. The number of hydrogen-bond acceptors (Lipinski definition) is 7. The summed E-state index contributed by atoms with van der Waals surface area (Å²) in [5, 5.41) is 13.8. The van der Waals surface area contributed by atoms with Crippen LogP contribution in [0.5, 0.6) is 5.75 Å². The largest absolute Gasteiger partial charge is 0.497 e. The minimum absolute atomic E-state index is 0.413. The second-order valence-corrected chi connectivity index (χ2v) is 6.98. The number of ether oxygens (including phenoxy) is 2. The second-order valence-electron chi connectivity index (χ2n) is 5.98. The fourth-order valence-electron chi connectivity index (χ4n) is 2.98. The normalized spacial score (nSPS) is 14.9. The summed E-state index contributed by atoms with van der Waals surface area (Å²) in [6.45, 7) is 3.21. The molecule has 2 heterocycles. The van der Waals surface area contributed by atoms with Crippen LogP contribution in [0, 0.1) is 11.3 Å². The number of amidine groups is 1. The molecule has 0 atom stereocenters. The van der Waals surface area contributed by atoms with E-state index in [9.17, 15) is 5.26 Å². The Labute approximate surface area is 163 Å². The number of rotatable bonds is 6. The van der Waals surface area contributed by atoms with Gasteiger partial charge in [-0.2, -0.15) is 5.26 Å². The van der Waals surface area contributed by atoms with Crippen molar-refractivity contribution in [3.05, 3.63) is 34.7 Å². The highest BCUT2D eigenvalue weighted by atomic mass is 32.1. The molecule has 1 aliphatic rings. The Morgan fingerprint density at radius 3 is 2.89 bits per heavy atom. The second kappa shape index (κ2) is 8.86. The van der Waals surface area contributed by atoms with Crippen LogP contribution in [0.2, 0.25) is 0 Å². The summed E-state index contributed by atoms with van der Waals surface area (Å²) in [6, 6.07) is 10.1. The van der Waals surface area contributed by atoms with Crippen molar-refractivity contribution in [3.8, 4) is 22.9 Å². The van der Waals surface area contributed by atoms with E-state index in [1.165, 1.54) is 11.3 Å². The highest BCUT2D eigenvalue weighted by molar-refractivity contribution is 7.19. The molecule has 142 valence electrons. The van der Waals surface area contributed by atoms with Gasteiger partial charge in [0.05, 0.1) is 37.4 Å². The van der Waals surface area contributed by atoms with Gasteiger partial charge in [0.15, 0.2) is 0 Å². The predicted molar refractivity (Wildman–Crippen MR) is 109 cm³/mol. The summed E-state index contributed by atoms with van der Waals surface area (Å²) in [5.74, 6) is 1.15. The third kappa shape index (κ3) is 4.06. The lowest BCUT2D eigenvalue weighted by Gasteiger charge is -2.27. The van der Waals surface area contributed by atoms with Gasteiger partial charge in [0.2, 0.25) is 0 Å². The van der Waals surface area contributed by atoms with Crippen molar-refractivity contribution in [1.29, 1.82) is 5.26 Å². The number of thiophene rings is 1. The molecule has 3 N–H and O–H groups in total. The van der Waals surface area contributed by atoms with Crippen LogP contribution in [0.4, 0.5) is 5.00 Å². The number of hydrogen-bond donors (Lipinski definition) is 2. The molecule has 0 aliphatic carbocycles. The zero-order valence-electron chi connectivity index (χ0n) is 15.5. The van der Waals surface area contributed by atoms with E-state index in [1.54, 1.807) is 7.11 Å². The monoisotopic (exact) mass is 385 g/mol. The maximum atomic E-state index is 9.96. The SMILES string of the molecule is CNC/N=C(\N)c1sc(N2CCOCC2)c(C#N)c1-c1cccc(OC)c1. The van der Waals surface area contributed by atoms with Crippen molar-refractivity contribution in [2.75, 3.05) is 52.0 Å². The molecule has 0 unspecified atom stereocenters. The fraction of sp³-hybridized carbons (Fsp3) is 0.368. The Morgan fingerprint density at radius 2 is 2.22 bits per heavy atom.